The zero-order chi connectivity index (χ0) is 16.7. The van der Waals surface area contributed by atoms with E-state index in [1.54, 1.807) is 0 Å². The number of carbonyl (C=O) groups excluding carboxylic acids is 2. The number of alkyl halides is 4. The summed E-state index contributed by atoms with van der Waals surface area (Å²) < 4.78 is -1.96. The van der Waals surface area contributed by atoms with Crippen molar-refractivity contribution in [3.63, 3.8) is 0 Å². The van der Waals surface area contributed by atoms with Gasteiger partial charge in [-0.05, 0) is 18.2 Å². The van der Waals surface area contributed by atoms with Crippen LogP contribution in [0.3, 0.4) is 0 Å². The largest absolute Gasteiger partial charge is 0.334 e. The summed E-state index contributed by atoms with van der Waals surface area (Å²) in [7, 11) is 0. The number of nitrogens with one attached hydrogen (secondary N) is 1. The third-order valence-electron chi connectivity index (χ3n) is 2.49. The molecule has 5 nitrogen and oxygen atoms in total. The third-order valence-corrected chi connectivity index (χ3v) is 4.41. The molecule has 0 aliphatic carbocycles. The summed E-state index contributed by atoms with van der Waals surface area (Å²) in [5.74, 6) is -1.14. The monoisotopic (exact) mass is 421 g/mol. The van der Waals surface area contributed by atoms with Crippen LogP contribution in [-0.2, 0) is 4.79 Å². The highest BCUT2D eigenvalue weighted by atomic mass is 35.6. The highest BCUT2D eigenvalue weighted by Crippen LogP contribution is 2.36. The average molecular weight is 424 g/mol. The second kappa shape index (κ2) is 6.59. The summed E-state index contributed by atoms with van der Waals surface area (Å²) in [5, 5.41) is 2.54. The number of benzene rings is 1. The number of halogens is 6. The van der Waals surface area contributed by atoms with E-state index in [2.05, 4.69) is 10.3 Å². The molecule has 0 aromatic heterocycles. The molecule has 1 saturated heterocycles. The summed E-state index contributed by atoms with van der Waals surface area (Å²) in [6.07, 6.45) is 0. The number of amides is 3. The molecule has 118 valence electrons. The van der Waals surface area contributed by atoms with E-state index < -0.39 is 21.2 Å². The van der Waals surface area contributed by atoms with Crippen molar-refractivity contribution in [2.75, 3.05) is 4.90 Å². The van der Waals surface area contributed by atoms with Crippen LogP contribution in [0.15, 0.2) is 23.2 Å². The number of imide groups is 1. The van der Waals surface area contributed by atoms with Crippen molar-refractivity contribution in [2.45, 2.75) is 9.29 Å². The fourth-order valence-corrected chi connectivity index (χ4v) is 2.32. The van der Waals surface area contributed by atoms with Gasteiger partial charge in [0, 0.05) is 5.02 Å². The fraction of sp³-hybridized carbons (Fsp3) is 0.182. The van der Waals surface area contributed by atoms with E-state index in [1.807, 2.05) is 0 Å². The van der Waals surface area contributed by atoms with E-state index in [0.29, 0.717) is 5.02 Å². The van der Waals surface area contributed by atoms with Gasteiger partial charge in [0.15, 0.2) is 5.50 Å². The molecule has 1 fully saturated rings. The number of anilines is 1. The molecule has 0 spiro atoms. The molecule has 2 rings (SSSR count). The van der Waals surface area contributed by atoms with Gasteiger partial charge in [-0.15, -0.1) is 0 Å². The van der Waals surface area contributed by atoms with Crippen molar-refractivity contribution >= 4 is 93.1 Å². The van der Waals surface area contributed by atoms with Crippen molar-refractivity contribution in [3.8, 4) is 0 Å². The highest BCUT2D eigenvalue weighted by molar-refractivity contribution is 6.70. The number of carbonyl (C=O) groups is 2. The second-order valence-corrected chi connectivity index (χ2v) is 7.65. The number of aliphatic imine (C=N–C) groups is 1. The van der Waals surface area contributed by atoms with Gasteiger partial charge < -0.3 is 0 Å². The molecule has 1 N–H and O–H groups in total. The average Bonchev–Trinajstić information content (AvgIpc) is 2.64. The van der Waals surface area contributed by atoms with Crippen LogP contribution in [0.25, 0.3) is 0 Å². The predicted molar refractivity (Wildman–Crippen MR) is 89.8 cm³/mol. The van der Waals surface area contributed by atoms with Crippen molar-refractivity contribution in [1.29, 1.82) is 0 Å². The predicted octanol–water partition coefficient (Wildman–Crippen LogP) is 4.38. The maximum atomic E-state index is 11.9. The standard InChI is InChI=1S/C11H5Cl6N3O2/c12-4-1-2-6(5(13)3-4)20-7(8(21)19-10(20)22)18-9(14)11(15,16)17/h1-3,9H,(H,19,21,22). The summed E-state index contributed by atoms with van der Waals surface area (Å²) in [6, 6.07) is 3.57. The number of hydrogen-bond donors (Lipinski definition) is 1. The van der Waals surface area contributed by atoms with Gasteiger partial charge in [0.1, 0.15) is 0 Å². The van der Waals surface area contributed by atoms with E-state index in [9.17, 15) is 9.59 Å². The van der Waals surface area contributed by atoms with Gasteiger partial charge in [-0.25, -0.2) is 14.7 Å². The molecular formula is C11H5Cl6N3O2. The first-order valence-electron chi connectivity index (χ1n) is 5.50. The second-order valence-electron chi connectivity index (χ2n) is 4.02. The molecule has 1 aromatic carbocycles. The van der Waals surface area contributed by atoms with Crippen LogP contribution >= 0.6 is 69.6 Å². The lowest BCUT2D eigenvalue weighted by Crippen LogP contribution is -2.33. The minimum Gasteiger partial charge on any atom is -0.270 e. The Morgan fingerprint density at radius 2 is 1.82 bits per heavy atom. The first-order valence-corrected chi connectivity index (χ1v) is 7.83. The molecule has 1 aromatic rings. The Balaban J connectivity index is 2.49. The molecule has 1 atom stereocenters. The molecule has 3 amide bonds. The minimum absolute atomic E-state index is 0.130. The van der Waals surface area contributed by atoms with Crippen molar-refractivity contribution in [2.24, 2.45) is 4.99 Å². The van der Waals surface area contributed by atoms with Gasteiger partial charge in [0.05, 0.1) is 10.7 Å². The molecule has 1 unspecified atom stereocenters. The summed E-state index contributed by atoms with van der Waals surface area (Å²) in [6.45, 7) is 0. The van der Waals surface area contributed by atoms with E-state index >= 15 is 0 Å². The molecule has 1 aliphatic heterocycles. The van der Waals surface area contributed by atoms with E-state index in [1.165, 1.54) is 18.2 Å². The van der Waals surface area contributed by atoms with Crippen LogP contribution < -0.4 is 10.2 Å². The van der Waals surface area contributed by atoms with Gasteiger partial charge in [0.25, 0.3) is 5.91 Å². The van der Waals surface area contributed by atoms with Gasteiger partial charge in [-0.2, -0.15) is 0 Å². The van der Waals surface area contributed by atoms with E-state index in [-0.39, 0.29) is 16.5 Å². The maximum absolute atomic E-state index is 11.9. The van der Waals surface area contributed by atoms with Gasteiger partial charge in [-0.3, -0.25) is 10.1 Å². The van der Waals surface area contributed by atoms with Crippen molar-refractivity contribution in [1.82, 2.24) is 5.32 Å². The first-order chi connectivity index (χ1) is 10.1. The molecule has 11 heteroatoms. The van der Waals surface area contributed by atoms with Gasteiger partial charge in [0.2, 0.25) is 9.63 Å². The van der Waals surface area contributed by atoms with Crippen LogP contribution in [-0.4, -0.2) is 27.1 Å². The zero-order valence-corrected chi connectivity index (χ0v) is 14.8. The molecule has 0 radical (unpaired) electrons. The van der Waals surface area contributed by atoms with Crippen LogP contribution in [0, 0.1) is 0 Å². The van der Waals surface area contributed by atoms with Gasteiger partial charge in [-0.1, -0.05) is 69.6 Å². The number of hydrogen-bond acceptors (Lipinski definition) is 3. The van der Waals surface area contributed by atoms with Crippen LogP contribution in [0.2, 0.25) is 10.0 Å². The lowest BCUT2D eigenvalue weighted by molar-refractivity contribution is -0.113. The Morgan fingerprint density at radius 1 is 1.18 bits per heavy atom. The van der Waals surface area contributed by atoms with E-state index in [0.717, 1.165) is 4.90 Å². The number of amidine groups is 1. The Kier molecular flexibility index (Phi) is 5.37. The summed E-state index contributed by atoms with van der Waals surface area (Å²) in [4.78, 5) is 28.5. The quantitative estimate of drug-likeness (QED) is 0.436. The van der Waals surface area contributed by atoms with Gasteiger partial charge >= 0.3 is 6.03 Å². The molecule has 1 aliphatic rings. The van der Waals surface area contributed by atoms with Crippen LogP contribution in [0.4, 0.5) is 10.5 Å². The SMILES string of the molecule is O=C1NC(=O)N(c2ccc(Cl)cc2Cl)C1=NC(Cl)C(Cl)(Cl)Cl. The highest BCUT2D eigenvalue weighted by Gasteiger charge is 2.40. The molecule has 0 bridgehead atoms. The molecule has 0 saturated carbocycles. The van der Waals surface area contributed by atoms with Crippen molar-refractivity contribution < 1.29 is 9.59 Å². The Bertz CT molecular complexity index is 672. The Labute approximate surface area is 155 Å². The smallest absolute Gasteiger partial charge is 0.270 e. The van der Waals surface area contributed by atoms with Crippen molar-refractivity contribution in [3.05, 3.63) is 28.2 Å². The molecule has 22 heavy (non-hydrogen) atoms. The molecule has 1 heterocycles. The topological polar surface area (TPSA) is 61.8 Å². The Hall–Kier alpha value is -0.430. The zero-order valence-electron chi connectivity index (χ0n) is 10.3. The number of rotatable bonds is 2. The summed E-state index contributed by atoms with van der Waals surface area (Å²) >= 11 is 34.5. The fourth-order valence-electron chi connectivity index (χ4n) is 1.59. The first kappa shape index (κ1) is 17.9. The molecular weight excluding hydrogens is 419 g/mol. The number of nitrogens with zero attached hydrogens (tertiary/aromatic N) is 2. The third kappa shape index (κ3) is 3.72. The Morgan fingerprint density at radius 3 is 2.36 bits per heavy atom. The van der Waals surface area contributed by atoms with Crippen LogP contribution in [0.1, 0.15) is 0 Å². The normalized spacial score (nSPS) is 18.8. The lowest BCUT2D eigenvalue weighted by Gasteiger charge is -2.19. The summed E-state index contributed by atoms with van der Waals surface area (Å²) in [5.41, 5.74) is -1.21. The van der Waals surface area contributed by atoms with E-state index in [4.69, 9.17) is 69.6 Å². The minimum atomic E-state index is -1.96. The maximum Gasteiger partial charge on any atom is 0.334 e. The lowest BCUT2D eigenvalue weighted by atomic mass is 10.3. The van der Waals surface area contributed by atoms with Crippen LogP contribution in [0.5, 0.6) is 0 Å². The number of urea groups is 1.